The number of carbonyl (C=O) groups excluding carboxylic acids is 2. The highest BCUT2D eigenvalue weighted by molar-refractivity contribution is 6.26. The van der Waals surface area contributed by atoms with Crippen molar-refractivity contribution in [2.24, 2.45) is 10.7 Å². The van der Waals surface area contributed by atoms with Crippen LogP contribution in [0.5, 0.6) is 0 Å². The first-order valence-electron chi connectivity index (χ1n) is 9.58. The molecule has 0 radical (unpaired) electrons. The summed E-state index contributed by atoms with van der Waals surface area (Å²) in [5.41, 5.74) is 4.55. The fourth-order valence-corrected chi connectivity index (χ4v) is 3.97. The summed E-state index contributed by atoms with van der Waals surface area (Å²) in [6.07, 6.45) is -5.29. The van der Waals surface area contributed by atoms with Crippen LogP contribution in [0, 0.1) is 5.82 Å². The van der Waals surface area contributed by atoms with E-state index in [1.54, 1.807) is 0 Å². The Hall–Kier alpha value is -4.02. The van der Waals surface area contributed by atoms with Gasteiger partial charge < -0.3 is 15.4 Å². The Morgan fingerprint density at radius 2 is 1.91 bits per heavy atom. The number of carbonyl (C=O) groups is 3. The topological polar surface area (TPSA) is 115 Å². The van der Waals surface area contributed by atoms with Crippen molar-refractivity contribution in [3.63, 3.8) is 0 Å². The fourth-order valence-electron chi connectivity index (χ4n) is 3.97. The number of nitrogens with zero attached hydrogens (tertiary/aromatic N) is 2. The van der Waals surface area contributed by atoms with Crippen molar-refractivity contribution in [2.75, 3.05) is 6.54 Å². The SMILES string of the molecule is NC(=O)c1cccc2c1c1c(n2Cc2ccc(C(F)(F)F)cc2F)C(CC(=O)O)=NCC1=O. The van der Waals surface area contributed by atoms with Gasteiger partial charge in [-0.3, -0.25) is 19.4 Å². The maximum atomic E-state index is 14.6. The number of primary amides is 1. The smallest absolute Gasteiger partial charge is 0.416 e. The van der Waals surface area contributed by atoms with E-state index in [1.807, 2.05) is 0 Å². The summed E-state index contributed by atoms with van der Waals surface area (Å²) < 4.78 is 54.8. The summed E-state index contributed by atoms with van der Waals surface area (Å²) in [5.74, 6) is -3.70. The number of fused-ring (bicyclic) bond motifs is 3. The minimum Gasteiger partial charge on any atom is -0.481 e. The van der Waals surface area contributed by atoms with Gasteiger partial charge >= 0.3 is 12.1 Å². The van der Waals surface area contributed by atoms with Crippen LogP contribution in [0.25, 0.3) is 10.9 Å². The Kier molecular flexibility index (Phi) is 5.27. The van der Waals surface area contributed by atoms with Gasteiger partial charge in [0, 0.05) is 16.5 Å². The van der Waals surface area contributed by atoms with Crippen LogP contribution in [0.2, 0.25) is 0 Å². The maximum absolute atomic E-state index is 14.6. The molecule has 0 aliphatic carbocycles. The number of aliphatic imine (C=N–C) groups is 1. The molecule has 1 aliphatic heterocycles. The molecule has 1 aliphatic rings. The van der Waals surface area contributed by atoms with Crippen LogP contribution in [0.15, 0.2) is 41.4 Å². The summed E-state index contributed by atoms with van der Waals surface area (Å²) in [6.45, 7) is -0.694. The Morgan fingerprint density at radius 1 is 1.18 bits per heavy atom. The molecule has 7 nitrogen and oxygen atoms in total. The number of hydrogen-bond acceptors (Lipinski definition) is 4. The normalized spacial score (nSPS) is 13.7. The number of ketones is 1. The Balaban J connectivity index is 1.98. The predicted octanol–water partition coefficient (Wildman–Crippen LogP) is 3.41. The molecule has 1 amide bonds. The zero-order chi connectivity index (χ0) is 24.1. The van der Waals surface area contributed by atoms with Gasteiger partial charge in [0.2, 0.25) is 5.91 Å². The number of nitrogens with two attached hydrogens (primary N) is 1. The Bertz CT molecular complexity index is 1370. The van der Waals surface area contributed by atoms with Crippen molar-refractivity contribution in [3.8, 4) is 0 Å². The van der Waals surface area contributed by atoms with Gasteiger partial charge in [-0.05, 0) is 24.3 Å². The molecule has 3 aromatic rings. The summed E-state index contributed by atoms with van der Waals surface area (Å²) in [7, 11) is 0. The van der Waals surface area contributed by atoms with Crippen LogP contribution in [0.1, 0.15) is 44.0 Å². The highest BCUT2D eigenvalue weighted by atomic mass is 19.4. The molecule has 0 saturated carbocycles. The van der Waals surface area contributed by atoms with Crippen molar-refractivity contribution in [1.82, 2.24) is 4.57 Å². The molecule has 33 heavy (non-hydrogen) atoms. The van der Waals surface area contributed by atoms with Crippen molar-refractivity contribution in [2.45, 2.75) is 19.1 Å². The molecule has 0 fully saturated rings. The van der Waals surface area contributed by atoms with Gasteiger partial charge in [0.15, 0.2) is 5.78 Å². The third-order valence-electron chi connectivity index (χ3n) is 5.35. The van der Waals surface area contributed by atoms with Crippen LogP contribution in [0.4, 0.5) is 17.6 Å². The molecule has 2 heterocycles. The largest absolute Gasteiger partial charge is 0.481 e. The summed E-state index contributed by atoms with van der Waals surface area (Å²) >= 11 is 0. The Morgan fingerprint density at radius 3 is 2.52 bits per heavy atom. The first-order valence-corrected chi connectivity index (χ1v) is 9.58. The number of aliphatic carboxylic acids is 1. The molecule has 3 N–H and O–H groups in total. The molecule has 2 aromatic carbocycles. The number of halogens is 4. The number of carboxylic acid groups (broad SMARTS) is 1. The van der Waals surface area contributed by atoms with E-state index in [1.165, 1.54) is 22.8 Å². The second kappa shape index (κ2) is 7.84. The molecule has 0 bridgehead atoms. The lowest BCUT2D eigenvalue weighted by atomic mass is 9.96. The minimum atomic E-state index is -4.73. The summed E-state index contributed by atoms with van der Waals surface area (Å²) in [6, 6.07) is 6.44. The van der Waals surface area contributed by atoms with E-state index < -0.39 is 41.6 Å². The van der Waals surface area contributed by atoms with E-state index in [2.05, 4.69) is 4.99 Å². The number of aromatic nitrogens is 1. The average molecular weight is 461 g/mol. The van der Waals surface area contributed by atoms with Crippen molar-refractivity contribution in [1.29, 1.82) is 0 Å². The predicted molar refractivity (Wildman–Crippen MR) is 109 cm³/mol. The molecule has 0 saturated heterocycles. The second-order valence-electron chi connectivity index (χ2n) is 7.43. The first-order chi connectivity index (χ1) is 15.5. The van der Waals surface area contributed by atoms with Crippen LogP contribution < -0.4 is 5.73 Å². The zero-order valence-corrected chi connectivity index (χ0v) is 16.7. The molecule has 0 unspecified atom stereocenters. The average Bonchev–Trinajstić information content (AvgIpc) is 3.06. The number of hydrogen-bond donors (Lipinski definition) is 2. The number of carboxylic acids is 1. The van der Waals surface area contributed by atoms with Crippen LogP contribution >= 0.6 is 0 Å². The number of amides is 1. The van der Waals surface area contributed by atoms with E-state index in [0.29, 0.717) is 6.07 Å². The lowest BCUT2D eigenvalue weighted by Gasteiger charge is -2.17. The van der Waals surface area contributed by atoms with Crippen LogP contribution in [0.3, 0.4) is 0 Å². The highest BCUT2D eigenvalue weighted by Crippen LogP contribution is 2.35. The molecule has 1 aromatic heterocycles. The van der Waals surface area contributed by atoms with Crippen molar-refractivity contribution < 1.29 is 37.1 Å². The summed E-state index contributed by atoms with van der Waals surface area (Å²) in [5, 5.41) is 9.45. The fraction of sp³-hybridized carbons (Fsp3) is 0.182. The van der Waals surface area contributed by atoms with Crippen molar-refractivity contribution in [3.05, 3.63) is 70.2 Å². The Labute approximate surface area is 183 Å². The monoisotopic (exact) mass is 461 g/mol. The van der Waals surface area contributed by atoms with Gasteiger partial charge in [0.25, 0.3) is 0 Å². The van der Waals surface area contributed by atoms with E-state index in [0.717, 1.165) is 12.1 Å². The zero-order valence-electron chi connectivity index (χ0n) is 16.7. The minimum absolute atomic E-state index is 0.000293. The maximum Gasteiger partial charge on any atom is 0.416 e. The molecular formula is C22H15F4N3O4. The van der Waals surface area contributed by atoms with E-state index in [9.17, 15) is 37.1 Å². The van der Waals surface area contributed by atoms with E-state index >= 15 is 0 Å². The van der Waals surface area contributed by atoms with Gasteiger partial charge in [0.05, 0.1) is 41.0 Å². The van der Waals surface area contributed by atoms with Gasteiger partial charge in [-0.15, -0.1) is 0 Å². The number of alkyl halides is 3. The van der Waals surface area contributed by atoms with E-state index in [-0.39, 0.29) is 52.1 Å². The molecule has 0 spiro atoms. The highest BCUT2D eigenvalue weighted by Gasteiger charge is 2.33. The van der Waals surface area contributed by atoms with E-state index in [4.69, 9.17) is 5.73 Å². The lowest BCUT2D eigenvalue weighted by molar-refractivity contribution is -0.138. The summed E-state index contributed by atoms with van der Waals surface area (Å²) in [4.78, 5) is 40.2. The van der Waals surface area contributed by atoms with Gasteiger partial charge in [-0.1, -0.05) is 12.1 Å². The number of rotatable bonds is 5. The quantitative estimate of drug-likeness (QED) is 0.567. The van der Waals surface area contributed by atoms with Gasteiger partial charge in [0.1, 0.15) is 12.4 Å². The molecule has 170 valence electrons. The second-order valence-corrected chi connectivity index (χ2v) is 7.43. The van der Waals surface area contributed by atoms with Crippen LogP contribution in [-0.2, 0) is 17.5 Å². The van der Waals surface area contributed by atoms with Gasteiger partial charge in [-0.25, -0.2) is 4.39 Å². The standard InChI is InChI=1S/C22H15F4N3O4/c23-13-6-11(22(24,25)26)5-4-10(13)9-29-15-3-1-2-12(21(27)33)18(15)19-16(30)8-28-14(20(19)29)7-17(31)32/h1-6H,7-9H2,(H2,27,33)(H,31,32). The molecule has 4 rings (SSSR count). The van der Waals surface area contributed by atoms with Crippen LogP contribution in [-0.4, -0.2) is 39.6 Å². The third kappa shape index (κ3) is 3.86. The molecule has 0 atom stereocenters. The van der Waals surface area contributed by atoms with Crippen molar-refractivity contribution >= 4 is 34.3 Å². The lowest BCUT2D eigenvalue weighted by Crippen LogP contribution is -2.24. The molecular weight excluding hydrogens is 446 g/mol. The first kappa shape index (κ1) is 22.2. The molecule has 11 heteroatoms. The number of benzene rings is 2. The third-order valence-corrected chi connectivity index (χ3v) is 5.35. The number of Topliss-reactive ketones (excluding diaryl/α,β-unsaturated/α-hetero) is 1. The van der Waals surface area contributed by atoms with Gasteiger partial charge in [-0.2, -0.15) is 13.2 Å².